The Kier molecular flexibility index (Phi) is 22.3. The topological polar surface area (TPSA) is 0 Å². The summed E-state index contributed by atoms with van der Waals surface area (Å²) in [5, 5.41) is 0. The number of hydrogen-bond acceptors (Lipinski definition) is 0. The Morgan fingerprint density at radius 1 is 0.429 bits per heavy atom. The molecule has 0 saturated carbocycles. The van der Waals surface area contributed by atoms with Crippen LogP contribution in [0.25, 0.3) is 0 Å². The van der Waals surface area contributed by atoms with Crippen LogP contribution in [0.3, 0.4) is 0 Å². The van der Waals surface area contributed by atoms with Crippen molar-refractivity contribution in [1.82, 2.24) is 0 Å². The molecule has 0 atom stereocenters. The van der Waals surface area contributed by atoms with Gasteiger partial charge in [0.1, 0.15) is 0 Å². The van der Waals surface area contributed by atoms with E-state index in [0.717, 1.165) is 0 Å². The van der Waals surface area contributed by atoms with Gasteiger partial charge in [-0.1, -0.05) is 0 Å². The normalized spacial score (nSPS) is 11.4. The molecule has 0 amide bonds. The Hall–Kier alpha value is 0.359. The number of hydrogen-bond donors (Lipinski definition) is 0. The van der Waals surface area contributed by atoms with Crippen LogP contribution in [0.1, 0.15) is 143 Å². The van der Waals surface area contributed by atoms with Crippen LogP contribution in [-0.2, 0) is 0 Å². The van der Waals surface area contributed by atoms with E-state index in [1.165, 1.54) is 116 Å². The molecule has 0 aliphatic carbocycles. The summed E-state index contributed by atoms with van der Waals surface area (Å²) in [6, 6.07) is 0. The van der Waals surface area contributed by atoms with E-state index in [2.05, 4.69) is 37.6 Å². The standard InChI is InChI=1S/3C8H17.C3H3.Sn/c3*1-3-5-7-8-6-4-2;1-3-2;/h3*1,3-8H2,2H3;1H3;. The van der Waals surface area contributed by atoms with Crippen molar-refractivity contribution in [3.8, 4) is 9.86 Å². The molecule has 0 aliphatic rings. The van der Waals surface area contributed by atoms with Gasteiger partial charge in [0.25, 0.3) is 0 Å². The molecule has 0 nitrogen and oxygen atoms in total. The van der Waals surface area contributed by atoms with Gasteiger partial charge in [0.15, 0.2) is 0 Å². The summed E-state index contributed by atoms with van der Waals surface area (Å²) < 4.78 is 8.65. The average molecular weight is 497 g/mol. The Bertz CT molecular complexity index is 321. The van der Waals surface area contributed by atoms with Gasteiger partial charge in [-0.3, -0.25) is 0 Å². The van der Waals surface area contributed by atoms with E-state index in [9.17, 15) is 0 Å². The van der Waals surface area contributed by atoms with Gasteiger partial charge in [0, 0.05) is 0 Å². The molecular formula is C27H54Sn. The maximum atomic E-state index is 3.96. The summed E-state index contributed by atoms with van der Waals surface area (Å²) >= 11 is -2.23. The van der Waals surface area contributed by atoms with E-state index in [-0.39, 0.29) is 0 Å². The molecule has 0 aromatic heterocycles. The third kappa shape index (κ3) is 17.2. The third-order valence-electron chi connectivity index (χ3n) is 6.42. The molecule has 0 saturated heterocycles. The second-order valence-electron chi connectivity index (χ2n) is 9.21. The van der Waals surface area contributed by atoms with Gasteiger partial charge < -0.3 is 0 Å². The Morgan fingerprint density at radius 2 is 0.714 bits per heavy atom. The first-order chi connectivity index (χ1) is 13.7. The molecule has 0 fully saturated rings. The summed E-state index contributed by atoms with van der Waals surface area (Å²) in [6.07, 6.45) is 26.0. The van der Waals surface area contributed by atoms with Crippen molar-refractivity contribution in [2.75, 3.05) is 0 Å². The summed E-state index contributed by atoms with van der Waals surface area (Å²) in [5.41, 5.74) is 0. The molecule has 0 heterocycles. The van der Waals surface area contributed by atoms with Gasteiger partial charge in [0.05, 0.1) is 0 Å². The van der Waals surface area contributed by atoms with Gasteiger partial charge >= 0.3 is 185 Å². The molecule has 28 heavy (non-hydrogen) atoms. The molecule has 0 unspecified atom stereocenters. The molecular weight excluding hydrogens is 443 g/mol. The second-order valence-corrected chi connectivity index (χ2v) is 21.5. The summed E-state index contributed by atoms with van der Waals surface area (Å²) in [4.78, 5) is 0. The van der Waals surface area contributed by atoms with E-state index in [4.69, 9.17) is 0 Å². The fourth-order valence-corrected chi connectivity index (χ4v) is 17.2. The molecule has 0 radical (unpaired) electrons. The Labute approximate surface area is 184 Å². The zero-order valence-corrected chi connectivity index (χ0v) is 23.2. The molecule has 0 N–H and O–H groups in total. The van der Waals surface area contributed by atoms with Crippen molar-refractivity contribution < 1.29 is 0 Å². The minimum atomic E-state index is -2.23. The van der Waals surface area contributed by atoms with E-state index in [1.54, 1.807) is 13.3 Å². The molecule has 0 aliphatic heterocycles. The van der Waals surface area contributed by atoms with Crippen LogP contribution in [0.4, 0.5) is 0 Å². The van der Waals surface area contributed by atoms with Crippen molar-refractivity contribution >= 4 is 18.4 Å². The SMILES string of the molecule is CC#[C][Sn]([CH2]CCCCCCC)([CH2]CCCCCCC)[CH2]CCCCCCC. The van der Waals surface area contributed by atoms with Gasteiger partial charge in [-0.2, -0.15) is 0 Å². The summed E-state index contributed by atoms with van der Waals surface area (Å²) in [5.74, 6) is 3.44. The van der Waals surface area contributed by atoms with Crippen molar-refractivity contribution in [2.45, 2.75) is 157 Å². The average Bonchev–Trinajstić information content (AvgIpc) is 2.70. The first kappa shape index (κ1) is 28.4. The molecule has 1 heteroatoms. The van der Waals surface area contributed by atoms with Crippen molar-refractivity contribution in [1.29, 1.82) is 0 Å². The number of unbranched alkanes of at least 4 members (excludes halogenated alkanes) is 15. The molecule has 0 spiro atoms. The van der Waals surface area contributed by atoms with E-state index in [1.807, 2.05) is 0 Å². The van der Waals surface area contributed by atoms with E-state index >= 15 is 0 Å². The molecule has 0 bridgehead atoms. The third-order valence-corrected chi connectivity index (χ3v) is 19.9. The van der Waals surface area contributed by atoms with Gasteiger partial charge in [-0.05, 0) is 0 Å². The van der Waals surface area contributed by atoms with Crippen LogP contribution in [0.5, 0.6) is 0 Å². The van der Waals surface area contributed by atoms with Crippen LogP contribution in [0.15, 0.2) is 0 Å². The monoisotopic (exact) mass is 498 g/mol. The molecule has 0 aromatic rings. The predicted molar refractivity (Wildman–Crippen MR) is 134 cm³/mol. The first-order valence-electron chi connectivity index (χ1n) is 13.2. The van der Waals surface area contributed by atoms with Crippen molar-refractivity contribution in [3.63, 3.8) is 0 Å². The zero-order chi connectivity index (χ0) is 20.8. The minimum absolute atomic E-state index is 1.36. The van der Waals surface area contributed by atoms with Crippen molar-refractivity contribution in [3.05, 3.63) is 0 Å². The van der Waals surface area contributed by atoms with Crippen molar-refractivity contribution in [2.24, 2.45) is 0 Å². The summed E-state index contributed by atoms with van der Waals surface area (Å²) in [7, 11) is 0. The van der Waals surface area contributed by atoms with Crippen LogP contribution >= 0.6 is 0 Å². The van der Waals surface area contributed by atoms with Gasteiger partial charge in [-0.15, -0.1) is 0 Å². The fourth-order valence-electron chi connectivity index (χ4n) is 4.56. The first-order valence-corrected chi connectivity index (χ1v) is 20.7. The van der Waals surface area contributed by atoms with E-state index in [0.29, 0.717) is 0 Å². The summed E-state index contributed by atoms with van der Waals surface area (Å²) in [6.45, 7) is 9.08. The van der Waals surface area contributed by atoms with Crippen LogP contribution in [-0.4, -0.2) is 18.4 Å². The fraction of sp³-hybridized carbons (Fsp3) is 0.926. The van der Waals surface area contributed by atoms with Gasteiger partial charge in [0.2, 0.25) is 0 Å². The number of rotatable bonds is 21. The van der Waals surface area contributed by atoms with Crippen LogP contribution in [0.2, 0.25) is 13.3 Å². The second kappa shape index (κ2) is 22.1. The predicted octanol–water partition coefficient (Wildman–Crippen LogP) is 10.1. The molecule has 0 aromatic carbocycles. The Morgan fingerprint density at radius 3 is 1.00 bits per heavy atom. The quantitative estimate of drug-likeness (QED) is 0.0841. The van der Waals surface area contributed by atoms with Crippen LogP contribution < -0.4 is 0 Å². The Balaban J connectivity index is 4.46. The van der Waals surface area contributed by atoms with E-state index < -0.39 is 18.4 Å². The maximum absolute atomic E-state index is 3.96. The zero-order valence-electron chi connectivity index (χ0n) is 20.3. The molecule has 166 valence electrons. The molecule has 0 rings (SSSR count). The van der Waals surface area contributed by atoms with Gasteiger partial charge in [-0.25, -0.2) is 0 Å². The van der Waals surface area contributed by atoms with Crippen LogP contribution in [0, 0.1) is 9.86 Å².